The second kappa shape index (κ2) is 7.16. The van der Waals surface area contributed by atoms with Gasteiger partial charge in [-0.15, -0.1) is 0 Å². The molecule has 30 heavy (non-hydrogen) atoms. The minimum atomic E-state index is -2.66. The lowest BCUT2D eigenvalue weighted by Crippen LogP contribution is -2.86. The smallest absolute Gasteiger partial charge is 0.361 e. The molecular weight excluding hydrogens is 400 g/mol. The molecule has 0 aliphatic carbocycles. The van der Waals surface area contributed by atoms with E-state index in [0.29, 0.717) is 0 Å². The zero-order valence-corrected chi connectivity index (χ0v) is 23.1. The fourth-order valence-electron chi connectivity index (χ4n) is 5.38. The Labute approximate surface area is 186 Å². The Bertz CT molecular complexity index is 862. The summed E-state index contributed by atoms with van der Waals surface area (Å²) in [5, 5.41) is 2.56. The molecule has 2 aromatic carbocycles. The summed E-state index contributed by atoms with van der Waals surface area (Å²) in [6, 6.07) is 9.15. The SMILES string of the molecule is Cc1cc(C)c([Si]2(C(C)(C)C)O[Si](c3c(C)cc(C)cc3C)(C(C)(C)C)O2)c(C)c1. The fourth-order valence-corrected chi connectivity index (χ4v) is 19.1. The fraction of sp³-hybridized carbons (Fsp3) is 0.538. The Morgan fingerprint density at radius 3 is 0.933 bits per heavy atom. The van der Waals surface area contributed by atoms with Crippen LogP contribution in [0.25, 0.3) is 0 Å². The van der Waals surface area contributed by atoms with Crippen LogP contribution in [0.15, 0.2) is 24.3 Å². The van der Waals surface area contributed by atoms with Crippen molar-refractivity contribution in [2.75, 3.05) is 0 Å². The van der Waals surface area contributed by atoms with Crippen LogP contribution in [0.1, 0.15) is 74.9 Å². The van der Waals surface area contributed by atoms with Crippen molar-refractivity contribution in [1.29, 1.82) is 0 Å². The third-order valence-corrected chi connectivity index (χ3v) is 18.0. The molecule has 0 bridgehead atoms. The van der Waals surface area contributed by atoms with Crippen molar-refractivity contribution < 1.29 is 8.23 Å². The molecule has 1 aliphatic heterocycles. The lowest BCUT2D eigenvalue weighted by Gasteiger charge is -2.63. The minimum Gasteiger partial charge on any atom is -0.408 e. The molecule has 0 unspecified atom stereocenters. The summed E-state index contributed by atoms with van der Waals surface area (Å²) in [5.41, 5.74) is 7.84. The molecule has 0 radical (unpaired) electrons. The summed E-state index contributed by atoms with van der Waals surface area (Å²) < 4.78 is 14.9. The minimum absolute atomic E-state index is 0.0635. The van der Waals surface area contributed by atoms with Gasteiger partial charge in [0, 0.05) is 10.1 Å². The summed E-state index contributed by atoms with van der Waals surface area (Å²) in [7, 11) is -5.32. The number of hydrogen-bond donors (Lipinski definition) is 0. The molecule has 0 atom stereocenters. The predicted molar refractivity (Wildman–Crippen MR) is 134 cm³/mol. The molecule has 0 saturated carbocycles. The second-order valence-corrected chi connectivity index (χ2v) is 19.6. The van der Waals surface area contributed by atoms with E-state index in [9.17, 15) is 0 Å². The van der Waals surface area contributed by atoms with Gasteiger partial charge in [-0.2, -0.15) is 0 Å². The topological polar surface area (TPSA) is 18.5 Å². The van der Waals surface area contributed by atoms with Gasteiger partial charge >= 0.3 is 17.1 Å². The van der Waals surface area contributed by atoms with Gasteiger partial charge in [0.2, 0.25) is 0 Å². The van der Waals surface area contributed by atoms with E-state index in [0.717, 1.165) is 0 Å². The average Bonchev–Trinajstić information content (AvgIpc) is 2.46. The standard InChI is InChI=1S/C26H40O2Si2/c1-17-13-19(3)23(20(4)14-17)29(25(7,8)9)27-30(28-29,26(10,11)12)24-21(5)15-18(2)16-22(24)6/h13-16H,1-12H3. The third-order valence-electron chi connectivity index (χ3n) is 6.56. The van der Waals surface area contributed by atoms with E-state index in [-0.39, 0.29) is 10.1 Å². The first-order chi connectivity index (χ1) is 13.6. The highest BCUT2D eigenvalue weighted by Crippen LogP contribution is 2.55. The summed E-state index contributed by atoms with van der Waals surface area (Å²) in [5.74, 6) is 0. The highest BCUT2D eigenvalue weighted by Gasteiger charge is 2.74. The predicted octanol–water partition coefficient (Wildman–Crippen LogP) is 6.18. The maximum atomic E-state index is 7.47. The molecule has 3 rings (SSSR count). The van der Waals surface area contributed by atoms with Gasteiger partial charge in [0.1, 0.15) is 0 Å². The monoisotopic (exact) mass is 440 g/mol. The summed E-state index contributed by atoms with van der Waals surface area (Å²) in [6.45, 7) is 27.0. The summed E-state index contributed by atoms with van der Waals surface area (Å²) in [4.78, 5) is 0. The van der Waals surface area contributed by atoms with Crippen LogP contribution < -0.4 is 10.4 Å². The van der Waals surface area contributed by atoms with E-state index in [1.165, 1.54) is 43.8 Å². The third kappa shape index (κ3) is 3.36. The van der Waals surface area contributed by atoms with Crippen molar-refractivity contribution >= 4 is 27.5 Å². The molecule has 1 saturated heterocycles. The van der Waals surface area contributed by atoms with Crippen LogP contribution >= 0.6 is 0 Å². The first-order valence-corrected chi connectivity index (χ1v) is 14.8. The Balaban J connectivity index is 2.27. The zero-order chi connectivity index (χ0) is 22.9. The normalized spacial score (nSPS) is 24.7. The molecule has 1 heterocycles. The molecule has 4 heteroatoms. The van der Waals surface area contributed by atoms with Gasteiger partial charge in [0.25, 0.3) is 0 Å². The quantitative estimate of drug-likeness (QED) is 0.519. The largest absolute Gasteiger partial charge is 0.408 e. The van der Waals surface area contributed by atoms with Crippen molar-refractivity contribution in [3.05, 3.63) is 57.6 Å². The maximum Gasteiger partial charge on any atom is 0.361 e. The molecule has 0 amide bonds. The highest BCUT2D eigenvalue weighted by atomic mass is 28.5. The molecule has 2 nitrogen and oxygen atoms in total. The van der Waals surface area contributed by atoms with E-state index in [2.05, 4.69) is 107 Å². The van der Waals surface area contributed by atoms with Crippen LogP contribution in [-0.2, 0) is 8.23 Å². The van der Waals surface area contributed by atoms with Crippen LogP contribution in [-0.4, -0.2) is 17.1 Å². The van der Waals surface area contributed by atoms with Gasteiger partial charge in [0.15, 0.2) is 0 Å². The van der Waals surface area contributed by atoms with Gasteiger partial charge in [-0.25, -0.2) is 0 Å². The van der Waals surface area contributed by atoms with Crippen LogP contribution in [0.2, 0.25) is 10.1 Å². The first-order valence-electron chi connectivity index (χ1n) is 11.1. The molecule has 0 N–H and O–H groups in total. The van der Waals surface area contributed by atoms with E-state index < -0.39 is 17.1 Å². The van der Waals surface area contributed by atoms with E-state index in [1.54, 1.807) is 0 Å². The summed E-state index contributed by atoms with van der Waals surface area (Å²) >= 11 is 0. The van der Waals surface area contributed by atoms with Gasteiger partial charge < -0.3 is 8.23 Å². The van der Waals surface area contributed by atoms with Crippen molar-refractivity contribution in [2.24, 2.45) is 0 Å². The number of rotatable bonds is 2. The Kier molecular flexibility index (Phi) is 5.60. The van der Waals surface area contributed by atoms with Gasteiger partial charge in [-0.1, -0.05) is 76.9 Å². The molecular formula is C26H40O2Si2. The second-order valence-electron chi connectivity index (χ2n) is 11.5. The average molecular weight is 441 g/mol. The molecule has 0 spiro atoms. The van der Waals surface area contributed by atoms with Gasteiger partial charge in [-0.3, -0.25) is 0 Å². The zero-order valence-electron chi connectivity index (χ0n) is 21.1. The van der Waals surface area contributed by atoms with Crippen LogP contribution in [0.3, 0.4) is 0 Å². The van der Waals surface area contributed by atoms with Crippen LogP contribution in [0, 0.1) is 41.5 Å². The van der Waals surface area contributed by atoms with E-state index in [1.807, 2.05) is 0 Å². The first kappa shape index (κ1) is 23.5. The maximum absolute atomic E-state index is 7.47. The Hall–Kier alpha value is -1.21. The molecule has 164 valence electrons. The van der Waals surface area contributed by atoms with Crippen molar-refractivity contribution in [2.45, 2.75) is 93.2 Å². The summed E-state index contributed by atoms with van der Waals surface area (Å²) in [6.07, 6.45) is 0. The van der Waals surface area contributed by atoms with Crippen LogP contribution in [0.5, 0.6) is 0 Å². The molecule has 1 aliphatic rings. The lowest BCUT2D eigenvalue weighted by molar-refractivity contribution is 0.187. The Morgan fingerprint density at radius 2 is 0.733 bits per heavy atom. The van der Waals surface area contributed by atoms with Crippen molar-refractivity contribution in [1.82, 2.24) is 0 Å². The molecule has 1 fully saturated rings. The highest BCUT2D eigenvalue weighted by molar-refractivity contribution is 7.08. The molecule has 0 aromatic heterocycles. The lowest BCUT2D eigenvalue weighted by atomic mass is 10.1. The van der Waals surface area contributed by atoms with Crippen LogP contribution in [0.4, 0.5) is 0 Å². The Morgan fingerprint density at radius 1 is 0.500 bits per heavy atom. The number of aryl methyl sites for hydroxylation is 6. The molecule has 2 aromatic rings. The van der Waals surface area contributed by atoms with Crippen molar-refractivity contribution in [3.63, 3.8) is 0 Å². The van der Waals surface area contributed by atoms with E-state index >= 15 is 0 Å². The van der Waals surface area contributed by atoms with E-state index in [4.69, 9.17) is 8.23 Å². The number of benzene rings is 2. The van der Waals surface area contributed by atoms with Gasteiger partial charge in [-0.05, 0) is 74.2 Å². The van der Waals surface area contributed by atoms with Gasteiger partial charge in [0.05, 0.1) is 0 Å². The number of hydrogen-bond acceptors (Lipinski definition) is 2. The van der Waals surface area contributed by atoms with Crippen molar-refractivity contribution in [3.8, 4) is 0 Å².